The van der Waals surface area contributed by atoms with Crippen molar-refractivity contribution < 1.29 is 4.74 Å². The zero-order valence-electron chi connectivity index (χ0n) is 9.49. The Balaban J connectivity index is 2.37. The highest BCUT2D eigenvalue weighted by Gasteiger charge is 2.24. The monoisotopic (exact) mass is 202 g/mol. The second-order valence-electron chi connectivity index (χ2n) is 4.30. The molecule has 1 aliphatic rings. The first-order valence-corrected chi connectivity index (χ1v) is 5.56. The Morgan fingerprint density at radius 2 is 2.20 bits per heavy atom. The number of rotatable bonds is 4. The molecule has 1 unspecified atom stereocenters. The van der Waals surface area contributed by atoms with Crippen LogP contribution in [0.2, 0.25) is 0 Å². The fraction of sp³-hybridized carbons (Fsp3) is 0.429. The first-order chi connectivity index (χ1) is 7.26. The van der Waals surface area contributed by atoms with E-state index in [4.69, 9.17) is 4.74 Å². The van der Waals surface area contributed by atoms with E-state index in [9.17, 15) is 0 Å². The van der Waals surface area contributed by atoms with Gasteiger partial charge in [0.2, 0.25) is 0 Å². The zero-order valence-corrected chi connectivity index (χ0v) is 9.49. The Bertz CT molecular complexity index is 364. The number of allylic oxidation sites excluding steroid dienone is 1. The van der Waals surface area contributed by atoms with Gasteiger partial charge in [0.15, 0.2) is 0 Å². The molecule has 1 atom stereocenters. The maximum Gasteiger partial charge on any atom is 0.122 e. The molecule has 1 aliphatic carbocycles. The summed E-state index contributed by atoms with van der Waals surface area (Å²) in [4.78, 5) is 0. The summed E-state index contributed by atoms with van der Waals surface area (Å²) in [6, 6.07) is 6.56. The van der Waals surface area contributed by atoms with E-state index in [1.54, 1.807) is 7.11 Å². The van der Waals surface area contributed by atoms with Crippen LogP contribution in [0.1, 0.15) is 42.7 Å². The second kappa shape index (κ2) is 4.09. The van der Waals surface area contributed by atoms with Gasteiger partial charge in [-0.2, -0.15) is 0 Å². The van der Waals surface area contributed by atoms with Gasteiger partial charge in [-0.15, -0.1) is 6.58 Å². The topological polar surface area (TPSA) is 9.23 Å². The van der Waals surface area contributed by atoms with E-state index in [-0.39, 0.29) is 0 Å². The van der Waals surface area contributed by atoms with Crippen molar-refractivity contribution in [1.82, 2.24) is 0 Å². The molecule has 0 N–H and O–H groups in total. The fourth-order valence-electron chi connectivity index (χ4n) is 1.91. The number of benzene rings is 1. The van der Waals surface area contributed by atoms with Crippen LogP contribution in [0.4, 0.5) is 0 Å². The molecule has 1 aromatic rings. The van der Waals surface area contributed by atoms with Crippen molar-refractivity contribution >= 4 is 0 Å². The summed E-state index contributed by atoms with van der Waals surface area (Å²) >= 11 is 0. The molecule has 0 aliphatic heterocycles. The molecule has 2 rings (SSSR count). The van der Waals surface area contributed by atoms with E-state index < -0.39 is 0 Å². The van der Waals surface area contributed by atoms with E-state index in [0.29, 0.717) is 5.92 Å². The van der Waals surface area contributed by atoms with Crippen LogP contribution in [-0.4, -0.2) is 7.11 Å². The van der Waals surface area contributed by atoms with Gasteiger partial charge in [-0.05, 0) is 30.4 Å². The lowest BCUT2D eigenvalue weighted by atomic mass is 9.96. The minimum absolute atomic E-state index is 0.360. The van der Waals surface area contributed by atoms with Crippen LogP contribution >= 0.6 is 0 Å². The van der Waals surface area contributed by atoms with Gasteiger partial charge in [0.25, 0.3) is 0 Å². The van der Waals surface area contributed by atoms with Crippen molar-refractivity contribution in [3.8, 4) is 5.75 Å². The quantitative estimate of drug-likeness (QED) is 0.674. The molecule has 15 heavy (non-hydrogen) atoms. The summed E-state index contributed by atoms with van der Waals surface area (Å²) in [6.45, 7) is 6.00. The summed E-state index contributed by atoms with van der Waals surface area (Å²) in [5.74, 6) is 2.14. The zero-order chi connectivity index (χ0) is 10.8. The highest BCUT2D eigenvalue weighted by molar-refractivity contribution is 5.43. The van der Waals surface area contributed by atoms with Crippen LogP contribution in [0.3, 0.4) is 0 Å². The van der Waals surface area contributed by atoms with Crippen molar-refractivity contribution in [1.29, 1.82) is 0 Å². The molecule has 0 bridgehead atoms. The molecule has 0 saturated heterocycles. The van der Waals surface area contributed by atoms with Crippen molar-refractivity contribution in [3.05, 3.63) is 42.0 Å². The van der Waals surface area contributed by atoms with Crippen LogP contribution in [0.25, 0.3) is 0 Å². The molecule has 1 fully saturated rings. The highest BCUT2D eigenvalue weighted by Crippen LogP contribution is 2.42. The lowest BCUT2D eigenvalue weighted by Crippen LogP contribution is -1.96. The summed E-state index contributed by atoms with van der Waals surface area (Å²) < 4.78 is 5.38. The third-order valence-electron chi connectivity index (χ3n) is 3.15. The third-order valence-corrected chi connectivity index (χ3v) is 3.15. The maximum atomic E-state index is 5.38. The Morgan fingerprint density at radius 3 is 2.73 bits per heavy atom. The van der Waals surface area contributed by atoms with Gasteiger partial charge < -0.3 is 4.74 Å². The largest absolute Gasteiger partial charge is 0.496 e. The molecule has 1 aromatic carbocycles. The molecule has 0 aromatic heterocycles. The van der Waals surface area contributed by atoms with Gasteiger partial charge in [-0.25, -0.2) is 0 Å². The third kappa shape index (κ3) is 2.06. The van der Waals surface area contributed by atoms with Crippen LogP contribution in [0, 0.1) is 0 Å². The Labute approximate surface area is 91.8 Å². The van der Waals surface area contributed by atoms with E-state index >= 15 is 0 Å². The summed E-state index contributed by atoms with van der Waals surface area (Å²) in [5.41, 5.74) is 2.72. The average molecular weight is 202 g/mol. The van der Waals surface area contributed by atoms with Gasteiger partial charge in [-0.1, -0.05) is 25.1 Å². The van der Waals surface area contributed by atoms with Crippen LogP contribution in [-0.2, 0) is 0 Å². The first kappa shape index (κ1) is 10.3. The SMILES string of the molecule is C=CC(C)c1cc(C2CC2)ccc1OC. The minimum Gasteiger partial charge on any atom is -0.496 e. The molecule has 0 radical (unpaired) electrons. The smallest absolute Gasteiger partial charge is 0.122 e. The lowest BCUT2D eigenvalue weighted by Gasteiger charge is -2.13. The van der Waals surface area contributed by atoms with E-state index in [1.807, 2.05) is 6.08 Å². The summed E-state index contributed by atoms with van der Waals surface area (Å²) in [6.07, 6.45) is 4.65. The average Bonchev–Trinajstić information content (AvgIpc) is 3.11. The Kier molecular flexibility index (Phi) is 2.81. The molecule has 0 spiro atoms. The molecule has 80 valence electrons. The lowest BCUT2D eigenvalue weighted by molar-refractivity contribution is 0.408. The van der Waals surface area contributed by atoms with Crippen LogP contribution in [0.5, 0.6) is 5.75 Å². The number of hydrogen-bond acceptors (Lipinski definition) is 1. The number of methoxy groups -OCH3 is 1. The maximum absolute atomic E-state index is 5.38. The fourth-order valence-corrected chi connectivity index (χ4v) is 1.91. The van der Waals surface area contributed by atoms with Crippen molar-refractivity contribution in [3.63, 3.8) is 0 Å². The number of hydrogen-bond donors (Lipinski definition) is 0. The van der Waals surface area contributed by atoms with E-state index in [0.717, 1.165) is 11.7 Å². The van der Waals surface area contributed by atoms with Crippen molar-refractivity contribution in [2.45, 2.75) is 31.6 Å². The normalized spacial score (nSPS) is 17.2. The molecular formula is C14H18O. The van der Waals surface area contributed by atoms with Crippen LogP contribution < -0.4 is 4.74 Å². The second-order valence-corrected chi connectivity index (χ2v) is 4.30. The van der Waals surface area contributed by atoms with Crippen molar-refractivity contribution in [2.24, 2.45) is 0 Å². The molecule has 1 saturated carbocycles. The van der Waals surface area contributed by atoms with E-state index in [1.165, 1.54) is 24.0 Å². The van der Waals surface area contributed by atoms with Crippen molar-refractivity contribution in [2.75, 3.05) is 7.11 Å². The molecule has 0 amide bonds. The summed E-state index contributed by atoms with van der Waals surface area (Å²) in [5, 5.41) is 0. The Hall–Kier alpha value is -1.24. The molecular weight excluding hydrogens is 184 g/mol. The Morgan fingerprint density at radius 1 is 1.47 bits per heavy atom. The van der Waals surface area contributed by atoms with Gasteiger partial charge in [0.1, 0.15) is 5.75 Å². The van der Waals surface area contributed by atoms with Gasteiger partial charge >= 0.3 is 0 Å². The van der Waals surface area contributed by atoms with Gasteiger partial charge in [0, 0.05) is 11.5 Å². The molecule has 1 heteroatoms. The minimum atomic E-state index is 0.360. The highest BCUT2D eigenvalue weighted by atomic mass is 16.5. The first-order valence-electron chi connectivity index (χ1n) is 5.56. The predicted octanol–water partition coefficient (Wildman–Crippen LogP) is 3.86. The van der Waals surface area contributed by atoms with Gasteiger partial charge in [-0.3, -0.25) is 0 Å². The standard InChI is InChI=1S/C14H18O/c1-4-10(2)13-9-12(11-5-6-11)7-8-14(13)15-3/h4,7-11H,1,5-6H2,2-3H3. The molecule has 1 nitrogen and oxygen atoms in total. The predicted molar refractivity (Wildman–Crippen MR) is 63.6 cm³/mol. The van der Waals surface area contributed by atoms with Gasteiger partial charge in [0.05, 0.1) is 7.11 Å². The van der Waals surface area contributed by atoms with Crippen LogP contribution in [0.15, 0.2) is 30.9 Å². The van der Waals surface area contributed by atoms with E-state index in [2.05, 4.69) is 31.7 Å². The number of ether oxygens (including phenoxy) is 1. The molecule has 0 heterocycles. The summed E-state index contributed by atoms with van der Waals surface area (Å²) in [7, 11) is 1.73.